The number of carbonyl (C=O) groups is 3. The Hall–Kier alpha value is -3.83. The third-order valence-electron chi connectivity index (χ3n) is 10.5. The molecule has 3 aromatic heterocycles. The fourth-order valence-corrected chi connectivity index (χ4v) is 8.34. The van der Waals surface area contributed by atoms with E-state index in [4.69, 9.17) is 4.98 Å². The molecular formula is C37H42BrN7O3. The highest BCUT2D eigenvalue weighted by molar-refractivity contribution is 9.10. The van der Waals surface area contributed by atoms with Gasteiger partial charge in [0.2, 0.25) is 5.91 Å². The zero-order chi connectivity index (χ0) is 33.6. The third-order valence-corrected chi connectivity index (χ3v) is 10.9. The number of fused-ring (bicyclic) bond motifs is 3. The molecule has 1 amide bonds. The first-order valence-corrected chi connectivity index (χ1v) is 17.9. The normalized spacial score (nSPS) is 23.6. The van der Waals surface area contributed by atoms with E-state index in [0.717, 1.165) is 61.2 Å². The van der Waals surface area contributed by atoms with E-state index in [-0.39, 0.29) is 41.9 Å². The summed E-state index contributed by atoms with van der Waals surface area (Å²) in [6.07, 6.45) is 12.0. The van der Waals surface area contributed by atoms with Crippen molar-refractivity contribution in [3.63, 3.8) is 0 Å². The van der Waals surface area contributed by atoms with Gasteiger partial charge < -0.3 is 9.80 Å². The Balaban J connectivity index is 1.20. The number of ketones is 2. The van der Waals surface area contributed by atoms with Crippen LogP contribution in [0.15, 0.2) is 47.3 Å². The Morgan fingerprint density at radius 2 is 1.77 bits per heavy atom. The molecule has 48 heavy (non-hydrogen) atoms. The molecule has 2 bridgehead atoms. The summed E-state index contributed by atoms with van der Waals surface area (Å²) in [7, 11) is 2.17. The van der Waals surface area contributed by atoms with E-state index in [2.05, 4.69) is 49.0 Å². The van der Waals surface area contributed by atoms with Crippen LogP contribution in [-0.2, 0) is 29.0 Å². The first-order chi connectivity index (χ1) is 23.1. The lowest BCUT2D eigenvalue weighted by atomic mass is 9.93. The van der Waals surface area contributed by atoms with Crippen molar-refractivity contribution < 1.29 is 14.4 Å². The van der Waals surface area contributed by atoms with E-state index in [1.807, 2.05) is 36.1 Å². The van der Waals surface area contributed by atoms with E-state index in [1.54, 1.807) is 17.1 Å². The van der Waals surface area contributed by atoms with Crippen molar-refractivity contribution in [1.82, 2.24) is 34.5 Å². The predicted octanol–water partition coefficient (Wildman–Crippen LogP) is 5.77. The summed E-state index contributed by atoms with van der Waals surface area (Å²) in [6.45, 7) is 5.16. The van der Waals surface area contributed by atoms with Crippen LogP contribution in [0, 0.1) is 12.3 Å². The molecule has 1 saturated heterocycles. The van der Waals surface area contributed by atoms with E-state index >= 15 is 0 Å². The van der Waals surface area contributed by atoms with Crippen molar-refractivity contribution in [1.29, 1.82) is 0 Å². The molecule has 7 rings (SSSR count). The first-order valence-electron chi connectivity index (χ1n) is 17.1. The van der Waals surface area contributed by atoms with Gasteiger partial charge in [0.25, 0.3) is 0 Å². The number of hydrogen-bond donors (Lipinski definition) is 0. The highest BCUT2D eigenvalue weighted by Crippen LogP contribution is 2.60. The number of benzene rings is 1. The molecule has 250 valence electrons. The third kappa shape index (κ3) is 6.46. The zero-order valence-corrected chi connectivity index (χ0v) is 29.5. The maximum atomic E-state index is 14.4. The smallest absolute Gasteiger partial charge is 0.245 e. The quantitative estimate of drug-likeness (QED) is 0.194. The van der Waals surface area contributed by atoms with Gasteiger partial charge in [-0.3, -0.25) is 19.1 Å². The second-order valence-corrected chi connectivity index (χ2v) is 14.9. The van der Waals surface area contributed by atoms with Crippen molar-refractivity contribution in [3.8, 4) is 11.1 Å². The lowest BCUT2D eigenvalue weighted by Gasteiger charge is -2.27. The van der Waals surface area contributed by atoms with Crippen molar-refractivity contribution in [2.75, 3.05) is 20.1 Å². The van der Waals surface area contributed by atoms with E-state index in [9.17, 15) is 14.4 Å². The Morgan fingerprint density at radius 3 is 2.56 bits per heavy atom. The van der Waals surface area contributed by atoms with Crippen LogP contribution in [0.3, 0.4) is 0 Å². The van der Waals surface area contributed by atoms with Gasteiger partial charge in [-0.25, -0.2) is 15.0 Å². The zero-order valence-electron chi connectivity index (χ0n) is 27.9. The molecule has 0 N–H and O–H groups in total. The monoisotopic (exact) mass is 711 g/mol. The van der Waals surface area contributed by atoms with Crippen LogP contribution in [0.2, 0.25) is 0 Å². The van der Waals surface area contributed by atoms with Crippen LogP contribution in [0.1, 0.15) is 79.4 Å². The van der Waals surface area contributed by atoms with Crippen molar-refractivity contribution in [2.24, 2.45) is 5.41 Å². The lowest BCUT2D eigenvalue weighted by molar-refractivity contribution is -0.139. The summed E-state index contributed by atoms with van der Waals surface area (Å²) < 4.78 is 2.34. The Kier molecular flexibility index (Phi) is 9.02. The molecule has 5 heterocycles. The molecule has 1 aromatic carbocycles. The SMILES string of the molecule is CC(=O)c1nn(CC(=O)N2[C@H]3C[C@]4(C[C@@H]24)CN(C)CCCCCCCc2ccc(Br)nc2CC3=O)c2ccc(-c3cnc(C)nc3)cc12. The summed E-state index contributed by atoms with van der Waals surface area (Å²) in [6, 6.07) is 9.27. The molecule has 1 saturated carbocycles. The van der Waals surface area contributed by atoms with Gasteiger partial charge in [0.15, 0.2) is 11.6 Å². The minimum atomic E-state index is -0.520. The number of halogens is 1. The number of rotatable bonds is 4. The number of nitrogens with zero attached hydrogens (tertiary/aromatic N) is 7. The van der Waals surface area contributed by atoms with Crippen LogP contribution in [0.5, 0.6) is 0 Å². The van der Waals surface area contributed by atoms with Crippen LogP contribution >= 0.6 is 15.9 Å². The lowest BCUT2D eigenvalue weighted by Crippen LogP contribution is -2.45. The Morgan fingerprint density at radius 1 is 1.00 bits per heavy atom. The summed E-state index contributed by atoms with van der Waals surface area (Å²) in [5.74, 6) is 0.397. The number of piperidine rings is 1. The molecule has 1 spiro atoms. The molecule has 0 unspecified atom stereocenters. The highest BCUT2D eigenvalue weighted by Gasteiger charge is 2.67. The minimum absolute atomic E-state index is 0.00858. The highest BCUT2D eigenvalue weighted by atomic mass is 79.9. The van der Waals surface area contributed by atoms with Crippen molar-refractivity contribution in [3.05, 3.63) is 70.1 Å². The van der Waals surface area contributed by atoms with Gasteiger partial charge in [0, 0.05) is 48.3 Å². The summed E-state index contributed by atoms with van der Waals surface area (Å²) in [5, 5.41) is 5.33. The summed E-state index contributed by atoms with van der Waals surface area (Å²) >= 11 is 3.51. The minimum Gasteiger partial charge on any atom is -0.327 e. The Bertz CT molecular complexity index is 1890. The van der Waals surface area contributed by atoms with Crippen LogP contribution < -0.4 is 0 Å². The van der Waals surface area contributed by atoms with Gasteiger partial charge in [-0.15, -0.1) is 0 Å². The van der Waals surface area contributed by atoms with Crippen LogP contribution in [-0.4, -0.2) is 84.2 Å². The van der Waals surface area contributed by atoms with E-state index < -0.39 is 6.04 Å². The molecule has 2 aliphatic heterocycles. The number of hydrogen-bond acceptors (Lipinski definition) is 8. The van der Waals surface area contributed by atoms with Gasteiger partial charge in [-0.2, -0.15) is 5.10 Å². The summed E-state index contributed by atoms with van der Waals surface area (Å²) in [4.78, 5) is 59.0. The molecule has 2 fully saturated rings. The van der Waals surface area contributed by atoms with Crippen LogP contribution in [0.25, 0.3) is 22.0 Å². The molecule has 0 radical (unpaired) electrons. The van der Waals surface area contributed by atoms with E-state index in [1.165, 1.54) is 26.2 Å². The van der Waals surface area contributed by atoms with Gasteiger partial charge in [0.1, 0.15) is 22.7 Å². The standard InChI is InChI=1S/C37H42BrN7O3/c1-23(46)36-28-15-26(27-19-39-24(2)40-20-27)10-12-30(28)44(42-36)21-35(48)45-31-17-37(18-33(37)45)22-43(3)14-8-6-4-5-7-9-25-11-13-34(38)41-29(25)16-32(31)47/h10-13,15,19-20,31,33H,4-9,14,16-18,21-22H2,1-3H3/t31-,33+,37-/m0/s1. The van der Waals surface area contributed by atoms with Crippen molar-refractivity contribution >= 4 is 44.3 Å². The molecule has 11 heteroatoms. The van der Waals surface area contributed by atoms with Gasteiger partial charge in [-0.1, -0.05) is 31.4 Å². The summed E-state index contributed by atoms with van der Waals surface area (Å²) in [5.41, 5.74) is 4.54. The fourth-order valence-electron chi connectivity index (χ4n) is 7.99. The number of carbonyl (C=O) groups excluding carboxylic acids is 3. The van der Waals surface area contributed by atoms with Crippen LogP contribution in [0.4, 0.5) is 0 Å². The van der Waals surface area contributed by atoms with Crippen molar-refractivity contribution in [2.45, 2.75) is 90.3 Å². The topological polar surface area (TPSA) is 114 Å². The van der Waals surface area contributed by atoms with Gasteiger partial charge in [-0.05, 0) is 97.9 Å². The molecule has 1 aliphatic carbocycles. The fraction of sp³-hybridized carbons (Fsp3) is 0.486. The predicted molar refractivity (Wildman–Crippen MR) is 187 cm³/mol. The second kappa shape index (κ2) is 13.2. The first kappa shape index (κ1) is 32.7. The number of pyridine rings is 1. The van der Waals surface area contributed by atoms with E-state index in [0.29, 0.717) is 33.4 Å². The average molecular weight is 713 g/mol. The molecular weight excluding hydrogens is 670 g/mol. The maximum absolute atomic E-state index is 14.4. The number of aromatic nitrogens is 5. The molecule has 4 aromatic rings. The number of likely N-dealkylation sites (tertiary alicyclic amines) is 1. The molecule has 3 atom stereocenters. The maximum Gasteiger partial charge on any atom is 0.245 e. The molecule has 3 aliphatic rings. The number of Topliss-reactive ketones (excluding diaryl/α,β-unsaturated/α-hetero) is 2. The average Bonchev–Trinajstić information content (AvgIpc) is 3.45. The number of amides is 1. The Labute approximate surface area is 289 Å². The largest absolute Gasteiger partial charge is 0.327 e. The second-order valence-electron chi connectivity index (χ2n) is 14.1. The van der Waals surface area contributed by atoms with Gasteiger partial charge in [0.05, 0.1) is 23.7 Å². The van der Waals surface area contributed by atoms with Gasteiger partial charge >= 0.3 is 0 Å². The molecule has 10 nitrogen and oxygen atoms in total. The number of aryl methyl sites for hydroxylation is 2.